The largest absolute Gasteiger partial charge is 0.464 e. The molecule has 0 spiro atoms. The molecule has 7 heteroatoms. The summed E-state index contributed by atoms with van der Waals surface area (Å²) in [4.78, 5) is 21.4. The molecule has 1 atom stereocenters. The van der Waals surface area contributed by atoms with Crippen LogP contribution in [0.25, 0.3) is 0 Å². The van der Waals surface area contributed by atoms with Crippen LogP contribution >= 0.6 is 11.3 Å². The second-order valence-corrected chi connectivity index (χ2v) is 6.40. The van der Waals surface area contributed by atoms with E-state index in [2.05, 4.69) is 34.2 Å². The molecule has 20 heavy (non-hydrogen) atoms. The highest BCUT2D eigenvalue weighted by Gasteiger charge is 2.22. The van der Waals surface area contributed by atoms with Crippen molar-refractivity contribution in [1.29, 1.82) is 0 Å². The number of likely N-dealkylation sites (N-methyl/N-ethyl adjacent to an activating group) is 2. The van der Waals surface area contributed by atoms with Gasteiger partial charge >= 0.3 is 5.97 Å². The zero-order valence-corrected chi connectivity index (χ0v) is 13.3. The minimum atomic E-state index is -0.374. The van der Waals surface area contributed by atoms with Crippen LogP contribution in [0.2, 0.25) is 0 Å². The first kappa shape index (κ1) is 15.2. The lowest BCUT2D eigenvalue weighted by Gasteiger charge is -2.37. The smallest absolute Gasteiger partial charge is 0.357 e. The van der Waals surface area contributed by atoms with Crippen molar-refractivity contribution in [2.75, 3.05) is 52.7 Å². The Kier molecular flexibility index (Phi) is 4.95. The van der Waals surface area contributed by atoms with Crippen molar-refractivity contribution in [3.8, 4) is 0 Å². The Morgan fingerprint density at radius 1 is 1.50 bits per heavy atom. The number of anilines is 1. The zero-order valence-electron chi connectivity index (χ0n) is 12.5. The number of hydrogen-bond donors (Lipinski definition) is 1. The number of piperazine rings is 1. The molecule has 2 rings (SSSR count). The summed E-state index contributed by atoms with van der Waals surface area (Å²) >= 11 is 1.49. The Balaban J connectivity index is 1.95. The number of carbonyl (C=O) groups excluding carboxylic acids is 1. The van der Waals surface area contributed by atoms with E-state index in [0.717, 1.165) is 36.2 Å². The fraction of sp³-hybridized carbons (Fsp3) is 0.692. The van der Waals surface area contributed by atoms with Crippen molar-refractivity contribution < 1.29 is 9.53 Å². The lowest BCUT2D eigenvalue weighted by molar-refractivity contribution is 0.0594. The van der Waals surface area contributed by atoms with E-state index in [4.69, 9.17) is 4.74 Å². The van der Waals surface area contributed by atoms with Crippen LogP contribution in [0.5, 0.6) is 0 Å². The number of nitrogens with zero attached hydrogens (tertiary/aromatic N) is 3. The lowest BCUT2D eigenvalue weighted by atomic mass is 10.2. The van der Waals surface area contributed by atoms with Gasteiger partial charge in [-0.1, -0.05) is 0 Å². The van der Waals surface area contributed by atoms with Crippen molar-refractivity contribution >= 4 is 22.4 Å². The average Bonchev–Trinajstić information content (AvgIpc) is 2.80. The van der Waals surface area contributed by atoms with Crippen LogP contribution in [0.15, 0.2) is 0 Å². The van der Waals surface area contributed by atoms with Gasteiger partial charge in [-0.15, -0.1) is 11.3 Å². The molecule has 0 saturated carbocycles. The number of nitrogens with one attached hydrogen (secondary N) is 1. The van der Waals surface area contributed by atoms with Gasteiger partial charge in [-0.3, -0.25) is 4.90 Å². The number of ether oxygens (including phenoxy) is 1. The summed E-state index contributed by atoms with van der Waals surface area (Å²) in [6.07, 6.45) is 0. The Labute approximate surface area is 123 Å². The summed E-state index contributed by atoms with van der Waals surface area (Å²) in [7, 11) is 5.66. The molecule has 0 amide bonds. The zero-order chi connectivity index (χ0) is 14.7. The average molecular weight is 298 g/mol. The van der Waals surface area contributed by atoms with Gasteiger partial charge in [0.05, 0.1) is 7.11 Å². The molecule has 0 aromatic carbocycles. The van der Waals surface area contributed by atoms with Crippen LogP contribution in [-0.4, -0.2) is 74.2 Å². The Morgan fingerprint density at radius 3 is 2.95 bits per heavy atom. The fourth-order valence-electron chi connectivity index (χ4n) is 2.29. The van der Waals surface area contributed by atoms with E-state index in [1.54, 1.807) is 0 Å². The monoisotopic (exact) mass is 298 g/mol. The molecule has 1 aliphatic rings. The van der Waals surface area contributed by atoms with Crippen LogP contribution < -0.4 is 5.32 Å². The normalized spacial score (nSPS) is 20.9. The second-order valence-electron chi connectivity index (χ2n) is 5.19. The summed E-state index contributed by atoms with van der Waals surface area (Å²) < 4.78 is 4.72. The Morgan fingerprint density at radius 2 is 2.25 bits per heavy atom. The summed E-state index contributed by atoms with van der Waals surface area (Å²) in [5.41, 5.74) is 0.411. The Hall–Kier alpha value is -1.18. The van der Waals surface area contributed by atoms with Gasteiger partial charge in [-0.05, 0) is 21.0 Å². The molecule has 2 heterocycles. The highest BCUT2D eigenvalue weighted by Crippen LogP contribution is 2.22. The van der Waals surface area contributed by atoms with E-state index in [9.17, 15) is 4.79 Å². The maximum absolute atomic E-state index is 11.5. The number of thiazole rings is 1. The third kappa shape index (κ3) is 3.47. The Bertz CT molecular complexity index is 477. The molecule has 6 nitrogen and oxygen atoms in total. The molecule has 112 valence electrons. The lowest BCUT2D eigenvalue weighted by Crippen LogP contribution is -2.52. The fourth-order valence-corrected chi connectivity index (χ4v) is 3.09. The quantitative estimate of drug-likeness (QED) is 0.833. The SMILES string of the molecule is COC(=O)c1nc(NCC2CN(C)CCN2C)sc1C. The van der Waals surface area contributed by atoms with E-state index in [1.165, 1.54) is 18.4 Å². The highest BCUT2D eigenvalue weighted by atomic mass is 32.1. The van der Waals surface area contributed by atoms with Crippen LogP contribution in [0.4, 0.5) is 5.13 Å². The molecule has 0 radical (unpaired) electrons. The maximum atomic E-state index is 11.5. The molecule has 0 bridgehead atoms. The summed E-state index contributed by atoms with van der Waals surface area (Å²) in [6, 6.07) is 0.458. The minimum absolute atomic E-state index is 0.374. The van der Waals surface area contributed by atoms with E-state index < -0.39 is 0 Å². The minimum Gasteiger partial charge on any atom is -0.464 e. The molecule has 1 unspecified atom stereocenters. The maximum Gasteiger partial charge on any atom is 0.357 e. The molecule has 1 aliphatic heterocycles. The van der Waals surface area contributed by atoms with Gasteiger partial charge in [0.1, 0.15) is 0 Å². The van der Waals surface area contributed by atoms with Gasteiger partial charge in [0.2, 0.25) is 0 Å². The number of aryl methyl sites for hydroxylation is 1. The third-order valence-corrected chi connectivity index (χ3v) is 4.57. The van der Waals surface area contributed by atoms with Gasteiger partial charge in [0.25, 0.3) is 0 Å². The predicted octanol–water partition coefficient (Wildman–Crippen LogP) is 0.896. The number of hydrogen-bond acceptors (Lipinski definition) is 7. The van der Waals surface area contributed by atoms with Gasteiger partial charge < -0.3 is 15.0 Å². The van der Waals surface area contributed by atoms with Crippen molar-refractivity contribution in [2.45, 2.75) is 13.0 Å². The molecular weight excluding hydrogens is 276 g/mol. The topological polar surface area (TPSA) is 57.7 Å². The molecular formula is C13H22N4O2S. The molecule has 0 aliphatic carbocycles. The van der Waals surface area contributed by atoms with E-state index in [1.807, 2.05) is 6.92 Å². The van der Waals surface area contributed by atoms with Gasteiger partial charge in [-0.2, -0.15) is 0 Å². The summed E-state index contributed by atoms with van der Waals surface area (Å²) in [5, 5.41) is 4.12. The second kappa shape index (κ2) is 6.51. The van der Waals surface area contributed by atoms with Crippen LogP contribution in [-0.2, 0) is 4.74 Å². The van der Waals surface area contributed by atoms with Crippen molar-refractivity contribution in [3.63, 3.8) is 0 Å². The van der Waals surface area contributed by atoms with Crippen LogP contribution in [0.1, 0.15) is 15.4 Å². The predicted molar refractivity (Wildman–Crippen MR) is 80.6 cm³/mol. The standard InChI is InChI=1S/C13H22N4O2S/c1-9-11(12(18)19-4)15-13(20-9)14-7-10-8-16(2)5-6-17(10)3/h10H,5-8H2,1-4H3,(H,14,15). The van der Waals surface area contributed by atoms with Crippen molar-refractivity contribution in [1.82, 2.24) is 14.8 Å². The number of aromatic nitrogens is 1. The van der Waals surface area contributed by atoms with Gasteiger partial charge in [-0.25, -0.2) is 9.78 Å². The third-order valence-electron chi connectivity index (χ3n) is 3.64. The molecule has 1 saturated heterocycles. The van der Waals surface area contributed by atoms with E-state index in [0.29, 0.717) is 11.7 Å². The summed E-state index contributed by atoms with van der Waals surface area (Å²) in [5.74, 6) is -0.374. The number of methoxy groups -OCH3 is 1. The first-order valence-corrected chi connectivity index (χ1v) is 7.51. The van der Waals surface area contributed by atoms with Crippen molar-refractivity contribution in [2.24, 2.45) is 0 Å². The van der Waals surface area contributed by atoms with Gasteiger partial charge in [0.15, 0.2) is 10.8 Å². The van der Waals surface area contributed by atoms with Crippen LogP contribution in [0.3, 0.4) is 0 Å². The number of carbonyl (C=O) groups is 1. The van der Waals surface area contributed by atoms with Gasteiger partial charge in [0, 0.05) is 37.1 Å². The first-order chi connectivity index (χ1) is 9.51. The number of rotatable bonds is 4. The molecule has 1 aromatic rings. The summed E-state index contributed by atoms with van der Waals surface area (Å²) in [6.45, 7) is 5.94. The van der Waals surface area contributed by atoms with E-state index >= 15 is 0 Å². The highest BCUT2D eigenvalue weighted by molar-refractivity contribution is 7.15. The van der Waals surface area contributed by atoms with Crippen LogP contribution in [0, 0.1) is 6.92 Å². The number of esters is 1. The molecule has 1 fully saturated rings. The molecule has 1 aromatic heterocycles. The van der Waals surface area contributed by atoms with E-state index in [-0.39, 0.29) is 5.97 Å². The first-order valence-electron chi connectivity index (χ1n) is 6.69. The molecule has 1 N–H and O–H groups in total. The van der Waals surface area contributed by atoms with Crippen molar-refractivity contribution in [3.05, 3.63) is 10.6 Å².